The number of carbonyl (C=O) groups is 2. The maximum absolute atomic E-state index is 12.7. The van der Waals surface area contributed by atoms with Crippen LogP contribution in [0.3, 0.4) is 0 Å². The number of fused-ring (bicyclic) bond motifs is 3. The van der Waals surface area contributed by atoms with Crippen molar-refractivity contribution in [2.24, 2.45) is 0 Å². The van der Waals surface area contributed by atoms with E-state index < -0.39 is 18.1 Å². The molecule has 2 aliphatic carbocycles. The highest BCUT2D eigenvalue weighted by Gasteiger charge is 2.31. The highest BCUT2D eigenvalue weighted by Crippen LogP contribution is 2.44. The maximum atomic E-state index is 12.7. The number of hydrogen-bond acceptors (Lipinski definition) is 4. The number of hydrogen-bond donors (Lipinski definition) is 2. The van der Waals surface area contributed by atoms with Gasteiger partial charge in [0.25, 0.3) is 0 Å². The van der Waals surface area contributed by atoms with Crippen LogP contribution < -0.4 is 5.32 Å². The number of benzene rings is 2. The highest BCUT2D eigenvalue weighted by atomic mass is 16.5. The third kappa shape index (κ3) is 3.79. The van der Waals surface area contributed by atoms with Gasteiger partial charge in [0.05, 0.1) is 30.7 Å². The lowest BCUT2D eigenvalue weighted by Gasteiger charge is -2.20. The van der Waals surface area contributed by atoms with Crippen molar-refractivity contribution < 1.29 is 19.4 Å². The summed E-state index contributed by atoms with van der Waals surface area (Å²) in [5.74, 6) is -1.04. The lowest BCUT2D eigenvalue weighted by Crippen LogP contribution is -2.32. The number of rotatable bonds is 7. The number of ether oxygens (including phenoxy) is 1. The average molecular weight is 417 g/mol. The van der Waals surface area contributed by atoms with Gasteiger partial charge in [-0.15, -0.1) is 0 Å². The lowest BCUT2D eigenvalue weighted by atomic mass is 9.98. The Hall–Kier alpha value is -3.61. The van der Waals surface area contributed by atoms with Crippen LogP contribution in [0.4, 0.5) is 4.79 Å². The van der Waals surface area contributed by atoms with E-state index in [0.717, 1.165) is 35.1 Å². The molecule has 0 radical (unpaired) electrons. The molecular weight excluding hydrogens is 394 g/mol. The van der Waals surface area contributed by atoms with Crippen LogP contribution >= 0.6 is 0 Å². The molecule has 1 heterocycles. The fourth-order valence-electron chi connectivity index (χ4n) is 4.43. The molecule has 158 valence electrons. The Balaban J connectivity index is 1.31. The van der Waals surface area contributed by atoms with E-state index in [9.17, 15) is 14.7 Å². The summed E-state index contributed by atoms with van der Waals surface area (Å²) in [6.45, 7) is 0.182. The summed E-state index contributed by atoms with van der Waals surface area (Å²) in [7, 11) is 0. The predicted molar refractivity (Wildman–Crippen MR) is 114 cm³/mol. The Labute approximate surface area is 179 Å². The molecule has 1 fully saturated rings. The van der Waals surface area contributed by atoms with E-state index in [2.05, 4.69) is 34.6 Å². The molecule has 5 rings (SSSR count). The SMILES string of the molecule is O=C(O)C[C@H](NC(=O)OCC1c2ccccc2-c2ccccc21)c1cncn1C1CC1. The van der Waals surface area contributed by atoms with E-state index in [1.54, 1.807) is 12.5 Å². The molecule has 1 atom stereocenters. The number of alkyl carbamates (subject to hydrolysis) is 1. The molecule has 0 bridgehead atoms. The van der Waals surface area contributed by atoms with Gasteiger partial charge < -0.3 is 19.7 Å². The van der Waals surface area contributed by atoms with Crippen LogP contribution in [-0.2, 0) is 9.53 Å². The van der Waals surface area contributed by atoms with Crippen molar-refractivity contribution in [3.63, 3.8) is 0 Å². The molecule has 2 aromatic carbocycles. The maximum Gasteiger partial charge on any atom is 0.407 e. The van der Waals surface area contributed by atoms with Crippen molar-refractivity contribution in [2.75, 3.05) is 6.61 Å². The first-order valence-corrected chi connectivity index (χ1v) is 10.5. The molecule has 31 heavy (non-hydrogen) atoms. The van der Waals surface area contributed by atoms with Crippen molar-refractivity contribution in [1.29, 1.82) is 0 Å². The highest BCUT2D eigenvalue weighted by molar-refractivity contribution is 5.79. The summed E-state index contributed by atoms with van der Waals surface area (Å²) in [6.07, 6.45) is 4.53. The van der Waals surface area contributed by atoms with Crippen LogP contribution in [0.15, 0.2) is 61.1 Å². The zero-order chi connectivity index (χ0) is 21.4. The van der Waals surface area contributed by atoms with Crippen molar-refractivity contribution in [3.05, 3.63) is 77.9 Å². The molecule has 1 aromatic heterocycles. The summed E-state index contributed by atoms with van der Waals surface area (Å²) in [5.41, 5.74) is 5.27. The second-order valence-corrected chi connectivity index (χ2v) is 8.08. The molecule has 2 aliphatic rings. The third-order valence-electron chi connectivity index (χ3n) is 6.01. The zero-order valence-electron chi connectivity index (χ0n) is 16.9. The van der Waals surface area contributed by atoms with Crippen LogP contribution in [0.1, 0.15) is 54.1 Å². The minimum atomic E-state index is -0.993. The third-order valence-corrected chi connectivity index (χ3v) is 6.01. The number of carbonyl (C=O) groups excluding carboxylic acids is 1. The number of carboxylic acid groups (broad SMARTS) is 1. The number of carboxylic acids is 1. The molecule has 1 saturated carbocycles. The summed E-state index contributed by atoms with van der Waals surface area (Å²) >= 11 is 0. The second-order valence-electron chi connectivity index (χ2n) is 8.08. The number of imidazole rings is 1. The first kappa shape index (κ1) is 19.4. The summed E-state index contributed by atoms with van der Waals surface area (Å²) in [6, 6.07) is 15.9. The second kappa shape index (κ2) is 7.91. The van der Waals surface area contributed by atoms with E-state index in [1.807, 2.05) is 28.8 Å². The largest absolute Gasteiger partial charge is 0.481 e. The molecule has 0 aliphatic heterocycles. The van der Waals surface area contributed by atoms with Crippen LogP contribution in [0.2, 0.25) is 0 Å². The Kier molecular flexibility index (Phi) is 4.94. The smallest absolute Gasteiger partial charge is 0.407 e. The molecule has 7 heteroatoms. The minimum Gasteiger partial charge on any atom is -0.481 e. The van der Waals surface area contributed by atoms with Crippen LogP contribution in [0, 0.1) is 0 Å². The summed E-state index contributed by atoms with van der Waals surface area (Å²) < 4.78 is 7.55. The molecule has 2 N–H and O–H groups in total. The normalized spacial score (nSPS) is 15.7. The minimum absolute atomic E-state index is 0.0481. The zero-order valence-corrected chi connectivity index (χ0v) is 16.9. The Morgan fingerprint density at radius 2 is 1.74 bits per heavy atom. The van der Waals surface area contributed by atoms with E-state index >= 15 is 0 Å². The van der Waals surface area contributed by atoms with Gasteiger partial charge >= 0.3 is 12.1 Å². The van der Waals surface area contributed by atoms with Gasteiger partial charge in [-0.25, -0.2) is 9.78 Å². The van der Waals surface area contributed by atoms with Gasteiger partial charge in [0.15, 0.2) is 0 Å². The van der Waals surface area contributed by atoms with Crippen molar-refractivity contribution in [2.45, 2.75) is 37.3 Å². The summed E-state index contributed by atoms with van der Waals surface area (Å²) in [5, 5.41) is 12.1. The number of aromatic nitrogens is 2. The van der Waals surface area contributed by atoms with E-state index in [4.69, 9.17) is 4.74 Å². The molecule has 1 amide bonds. The van der Waals surface area contributed by atoms with Crippen molar-refractivity contribution in [1.82, 2.24) is 14.9 Å². The van der Waals surface area contributed by atoms with E-state index in [-0.39, 0.29) is 18.9 Å². The molecule has 0 unspecified atom stereocenters. The number of aliphatic carboxylic acids is 1. The van der Waals surface area contributed by atoms with Crippen LogP contribution in [0.25, 0.3) is 11.1 Å². The number of nitrogens with zero attached hydrogens (tertiary/aromatic N) is 2. The monoisotopic (exact) mass is 417 g/mol. The standard InChI is InChI=1S/C24H23N3O4/c28-23(29)11-21(22-12-25-14-27(22)15-9-10-15)26-24(30)31-13-20-18-7-3-1-5-16(18)17-6-2-4-8-19(17)20/h1-8,12,14-15,20-21H,9-11,13H2,(H,26,30)(H,28,29)/t21-/m0/s1. The lowest BCUT2D eigenvalue weighted by molar-refractivity contribution is -0.137. The number of amides is 1. The molecular formula is C24H23N3O4. The van der Waals surface area contributed by atoms with Crippen molar-refractivity contribution in [3.8, 4) is 11.1 Å². The number of nitrogens with one attached hydrogen (secondary N) is 1. The van der Waals surface area contributed by atoms with Gasteiger partial charge in [0.2, 0.25) is 0 Å². The topological polar surface area (TPSA) is 93.5 Å². The fourth-order valence-corrected chi connectivity index (χ4v) is 4.43. The first-order valence-electron chi connectivity index (χ1n) is 10.5. The van der Waals surface area contributed by atoms with E-state index in [0.29, 0.717) is 11.7 Å². The summed E-state index contributed by atoms with van der Waals surface area (Å²) in [4.78, 5) is 28.2. The van der Waals surface area contributed by atoms with Gasteiger partial charge in [-0.05, 0) is 35.1 Å². The van der Waals surface area contributed by atoms with Crippen LogP contribution in [0.5, 0.6) is 0 Å². The quantitative estimate of drug-likeness (QED) is 0.599. The van der Waals surface area contributed by atoms with Gasteiger partial charge in [-0.1, -0.05) is 48.5 Å². The predicted octanol–water partition coefficient (Wildman–Crippen LogP) is 4.27. The average Bonchev–Trinajstić information content (AvgIpc) is 3.40. The first-order chi connectivity index (χ1) is 15.1. The van der Waals surface area contributed by atoms with Gasteiger partial charge in [0, 0.05) is 12.0 Å². The van der Waals surface area contributed by atoms with Crippen LogP contribution in [-0.4, -0.2) is 33.3 Å². The molecule has 0 spiro atoms. The van der Waals surface area contributed by atoms with Gasteiger partial charge in [-0.3, -0.25) is 4.79 Å². The van der Waals surface area contributed by atoms with Gasteiger partial charge in [-0.2, -0.15) is 0 Å². The fraction of sp³-hybridized carbons (Fsp3) is 0.292. The van der Waals surface area contributed by atoms with Gasteiger partial charge in [0.1, 0.15) is 6.61 Å². The Morgan fingerprint density at radius 3 is 2.35 bits per heavy atom. The Morgan fingerprint density at radius 1 is 1.10 bits per heavy atom. The van der Waals surface area contributed by atoms with Crippen molar-refractivity contribution >= 4 is 12.1 Å². The van der Waals surface area contributed by atoms with E-state index in [1.165, 1.54) is 0 Å². The molecule has 3 aromatic rings. The molecule has 7 nitrogen and oxygen atoms in total. The Bertz CT molecular complexity index is 1090. The molecule has 0 saturated heterocycles.